The quantitative estimate of drug-likeness (QED) is 0.742. The molecule has 0 unspecified atom stereocenters. The minimum Gasteiger partial charge on any atom is -0.484 e. The monoisotopic (exact) mass is 274 g/mol. The van der Waals surface area contributed by atoms with E-state index in [0.717, 1.165) is 15.2 Å². The second-order valence-electron chi connectivity index (χ2n) is 4.05. The van der Waals surface area contributed by atoms with Gasteiger partial charge in [0.05, 0.1) is 15.9 Å². The van der Waals surface area contributed by atoms with Gasteiger partial charge in [-0.2, -0.15) is 0 Å². The van der Waals surface area contributed by atoms with Crippen molar-refractivity contribution < 1.29 is 9.13 Å². The lowest BCUT2D eigenvalue weighted by atomic mass is 10.3. The molecule has 3 aromatic rings. The Morgan fingerprint density at radius 2 is 2.05 bits per heavy atom. The third-order valence-corrected chi connectivity index (χ3v) is 3.67. The first-order valence-corrected chi connectivity index (χ1v) is 6.56. The molecule has 19 heavy (non-hydrogen) atoms. The molecule has 96 valence electrons. The minimum atomic E-state index is -0.367. The molecule has 0 bridgehead atoms. The summed E-state index contributed by atoms with van der Waals surface area (Å²) in [5.41, 5.74) is 7.08. The molecule has 0 fully saturated rings. The van der Waals surface area contributed by atoms with Gasteiger partial charge in [0, 0.05) is 6.07 Å². The molecular formula is C14H11FN2OS. The Kier molecular flexibility index (Phi) is 3.05. The van der Waals surface area contributed by atoms with Crippen LogP contribution in [0.15, 0.2) is 42.5 Å². The van der Waals surface area contributed by atoms with Crippen LogP contribution in [0.1, 0.15) is 5.01 Å². The summed E-state index contributed by atoms with van der Waals surface area (Å²) >= 11 is 1.56. The fraction of sp³-hybridized carbons (Fsp3) is 0.0714. The van der Waals surface area contributed by atoms with Gasteiger partial charge in [0.25, 0.3) is 0 Å². The summed E-state index contributed by atoms with van der Waals surface area (Å²) in [6.07, 6.45) is 0. The van der Waals surface area contributed by atoms with Crippen LogP contribution in [-0.2, 0) is 6.61 Å². The average Bonchev–Trinajstić information content (AvgIpc) is 2.82. The number of para-hydroxylation sites is 1. The van der Waals surface area contributed by atoms with Gasteiger partial charge in [-0.05, 0) is 24.3 Å². The molecule has 1 heterocycles. The topological polar surface area (TPSA) is 48.1 Å². The number of halogens is 1. The molecule has 0 atom stereocenters. The van der Waals surface area contributed by atoms with Gasteiger partial charge in [0.15, 0.2) is 0 Å². The second kappa shape index (κ2) is 4.85. The Labute approximate surface area is 113 Å². The number of benzene rings is 2. The van der Waals surface area contributed by atoms with Crippen LogP contribution in [0.4, 0.5) is 10.1 Å². The highest BCUT2D eigenvalue weighted by atomic mass is 32.1. The van der Waals surface area contributed by atoms with Crippen molar-refractivity contribution in [2.45, 2.75) is 6.61 Å². The van der Waals surface area contributed by atoms with Crippen LogP contribution in [0.2, 0.25) is 0 Å². The standard InChI is InChI=1S/C14H11FN2OS/c15-9-5-6-10(16)12(7-9)18-8-14-17-11-3-1-2-4-13(11)19-14/h1-7H,8,16H2. The predicted octanol–water partition coefficient (Wildman–Crippen LogP) is 3.60. The van der Waals surface area contributed by atoms with Crippen LogP contribution in [0.3, 0.4) is 0 Å². The summed E-state index contributed by atoms with van der Waals surface area (Å²) < 4.78 is 19.7. The maximum atomic E-state index is 13.1. The molecule has 1 aromatic heterocycles. The zero-order valence-corrected chi connectivity index (χ0v) is 10.8. The Balaban J connectivity index is 1.80. The summed E-state index contributed by atoms with van der Waals surface area (Å²) in [4.78, 5) is 4.44. The molecular weight excluding hydrogens is 263 g/mol. The summed E-state index contributed by atoms with van der Waals surface area (Å²) in [5.74, 6) is -0.0206. The van der Waals surface area contributed by atoms with Gasteiger partial charge in [0.2, 0.25) is 0 Å². The fourth-order valence-corrected chi connectivity index (χ4v) is 2.63. The summed E-state index contributed by atoms with van der Waals surface area (Å²) in [6.45, 7) is 0.285. The van der Waals surface area contributed by atoms with Gasteiger partial charge in [0.1, 0.15) is 23.2 Å². The lowest BCUT2D eigenvalue weighted by Gasteiger charge is -2.06. The van der Waals surface area contributed by atoms with Gasteiger partial charge in [-0.15, -0.1) is 11.3 Å². The van der Waals surface area contributed by atoms with Crippen molar-refractivity contribution in [1.29, 1.82) is 0 Å². The highest BCUT2D eigenvalue weighted by molar-refractivity contribution is 7.18. The molecule has 0 saturated heterocycles. The number of thiazole rings is 1. The van der Waals surface area contributed by atoms with Crippen molar-refractivity contribution in [2.24, 2.45) is 0 Å². The Bertz CT molecular complexity index is 693. The van der Waals surface area contributed by atoms with E-state index >= 15 is 0 Å². The molecule has 0 radical (unpaired) electrons. The van der Waals surface area contributed by atoms with E-state index in [9.17, 15) is 4.39 Å². The van der Waals surface area contributed by atoms with Gasteiger partial charge >= 0.3 is 0 Å². The first-order chi connectivity index (χ1) is 9.22. The molecule has 3 rings (SSSR count). The first-order valence-electron chi connectivity index (χ1n) is 5.74. The van der Waals surface area contributed by atoms with Crippen molar-refractivity contribution >= 4 is 27.2 Å². The van der Waals surface area contributed by atoms with Crippen LogP contribution in [0, 0.1) is 5.82 Å². The van der Waals surface area contributed by atoms with Crippen LogP contribution in [0.25, 0.3) is 10.2 Å². The van der Waals surface area contributed by atoms with E-state index in [1.165, 1.54) is 18.2 Å². The number of anilines is 1. The number of fused-ring (bicyclic) bond motifs is 1. The second-order valence-corrected chi connectivity index (χ2v) is 5.16. The SMILES string of the molecule is Nc1ccc(F)cc1OCc1nc2ccccc2s1. The zero-order chi connectivity index (χ0) is 13.2. The number of hydrogen-bond acceptors (Lipinski definition) is 4. The summed E-state index contributed by atoms with van der Waals surface area (Å²) in [7, 11) is 0. The Morgan fingerprint density at radius 3 is 2.89 bits per heavy atom. The third-order valence-electron chi connectivity index (χ3n) is 2.66. The maximum Gasteiger partial charge on any atom is 0.145 e. The van der Waals surface area contributed by atoms with E-state index in [-0.39, 0.29) is 12.4 Å². The summed E-state index contributed by atoms with van der Waals surface area (Å²) in [6, 6.07) is 11.9. The van der Waals surface area contributed by atoms with Crippen molar-refractivity contribution in [3.05, 3.63) is 53.3 Å². The van der Waals surface area contributed by atoms with E-state index in [0.29, 0.717) is 11.4 Å². The Hall–Kier alpha value is -2.14. The van der Waals surface area contributed by atoms with Gasteiger partial charge < -0.3 is 10.5 Å². The number of nitrogen functional groups attached to an aromatic ring is 1. The third kappa shape index (κ3) is 2.51. The normalized spacial score (nSPS) is 10.8. The minimum absolute atomic E-state index is 0.285. The highest BCUT2D eigenvalue weighted by Crippen LogP contribution is 2.26. The largest absolute Gasteiger partial charge is 0.484 e. The number of rotatable bonds is 3. The fourth-order valence-electron chi connectivity index (χ4n) is 1.75. The highest BCUT2D eigenvalue weighted by Gasteiger charge is 2.06. The van der Waals surface area contributed by atoms with Gasteiger partial charge in [-0.3, -0.25) is 0 Å². The van der Waals surface area contributed by atoms with Crippen LogP contribution in [-0.4, -0.2) is 4.98 Å². The van der Waals surface area contributed by atoms with E-state index < -0.39 is 0 Å². The number of hydrogen-bond donors (Lipinski definition) is 1. The van der Waals surface area contributed by atoms with Crippen LogP contribution in [0.5, 0.6) is 5.75 Å². The van der Waals surface area contributed by atoms with Crippen molar-refractivity contribution in [3.8, 4) is 5.75 Å². The summed E-state index contributed by atoms with van der Waals surface area (Å²) in [5, 5.41) is 0.838. The maximum absolute atomic E-state index is 13.1. The average molecular weight is 274 g/mol. The van der Waals surface area contributed by atoms with Gasteiger partial charge in [-0.1, -0.05) is 12.1 Å². The van der Waals surface area contributed by atoms with Crippen LogP contribution >= 0.6 is 11.3 Å². The first kappa shape index (κ1) is 11.9. The number of nitrogens with zero attached hydrogens (tertiary/aromatic N) is 1. The molecule has 0 amide bonds. The van der Waals surface area contributed by atoms with Crippen molar-refractivity contribution in [3.63, 3.8) is 0 Å². The van der Waals surface area contributed by atoms with Crippen molar-refractivity contribution in [1.82, 2.24) is 4.98 Å². The lowest BCUT2D eigenvalue weighted by molar-refractivity contribution is 0.306. The molecule has 0 saturated carbocycles. The molecule has 3 nitrogen and oxygen atoms in total. The number of ether oxygens (including phenoxy) is 1. The molecule has 5 heteroatoms. The molecule has 0 spiro atoms. The van der Waals surface area contributed by atoms with E-state index in [2.05, 4.69) is 4.98 Å². The molecule has 2 aromatic carbocycles. The van der Waals surface area contributed by atoms with E-state index in [1.54, 1.807) is 11.3 Å². The molecule has 2 N–H and O–H groups in total. The van der Waals surface area contributed by atoms with E-state index in [4.69, 9.17) is 10.5 Å². The van der Waals surface area contributed by atoms with Crippen LogP contribution < -0.4 is 10.5 Å². The van der Waals surface area contributed by atoms with Crippen molar-refractivity contribution in [2.75, 3.05) is 5.73 Å². The van der Waals surface area contributed by atoms with E-state index in [1.807, 2.05) is 24.3 Å². The number of nitrogens with two attached hydrogens (primary N) is 1. The zero-order valence-electron chi connectivity index (χ0n) is 9.97. The smallest absolute Gasteiger partial charge is 0.145 e. The van der Waals surface area contributed by atoms with Gasteiger partial charge in [-0.25, -0.2) is 9.37 Å². The molecule has 0 aliphatic heterocycles. The number of aromatic nitrogens is 1. The predicted molar refractivity (Wildman–Crippen MR) is 74.8 cm³/mol. The Morgan fingerprint density at radius 1 is 1.21 bits per heavy atom. The molecule has 0 aliphatic rings. The lowest BCUT2D eigenvalue weighted by Crippen LogP contribution is -1.98. The molecule has 0 aliphatic carbocycles.